The van der Waals surface area contributed by atoms with Gasteiger partial charge in [-0.15, -0.1) is 10.2 Å². The van der Waals surface area contributed by atoms with E-state index in [9.17, 15) is 9.59 Å². The summed E-state index contributed by atoms with van der Waals surface area (Å²) in [7, 11) is 0. The zero-order valence-corrected chi connectivity index (χ0v) is 18.9. The molecule has 2 amide bonds. The first-order valence-corrected chi connectivity index (χ1v) is 11.9. The van der Waals surface area contributed by atoms with Crippen LogP contribution in [0.1, 0.15) is 36.8 Å². The number of nitrogens with one attached hydrogen (secondary N) is 2. The Bertz CT molecular complexity index is 917. The van der Waals surface area contributed by atoms with Gasteiger partial charge < -0.3 is 15.5 Å². The summed E-state index contributed by atoms with van der Waals surface area (Å²) in [6.07, 6.45) is 3.93. The molecule has 2 aliphatic rings. The van der Waals surface area contributed by atoms with E-state index in [4.69, 9.17) is 0 Å². The van der Waals surface area contributed by atoms with E-state index >= 15 is 0 Å². The zero-order chi connectivity index (χ0) is 21.8. The maximum Gasteiger partial charge on any atom is 0.234 e. The summed E-state index contributed by atoms with van der Waals surface area (Å²) in [6.45, 7) is 5.59. The standard InChI is InChI=1S/C23H29N5O2S/c1-15-4-3-5-16(2)22(15)25-20(29)14-31-21-9-8-19(26-27-21)28-12-10-17(11-13-28)23(30)24-18-6-7-18/h3-5,8-9,17-18H,6-7,10-14H2,1-2H3,(H,24,30)(H,25,29). The summed E-state index contributed by atoms with van der Waals surface area (Å²) < 4.78 is 0. The van der Waals surface area contributed by atoms with Gasteiger partial charge in [-0.05, 0) is 62.8 Å². The Balaban J connectivity index is 1.24. The minimum absolute atomic E-state index is 0.0557. The fourth-order valence-corrected chi connectivity index (χ4v) is 4.42. The van der Waals surface area contributed by atoms with E-state index in [2.05, 4.69) is 25.7 Å². The topological polar surface area (TPSA) is 87.2 Å². The molecule has 1 aliphatic heterocycles. The number of benzene rings is 1. The SMILES string of the molecule is Cc1cccc(C)c1NC(=O)CSc1ccc(N2CCC(C(=O)NC3CC3)CC2)nn1. The highest BCUT2D eigenvalue weighted by Crippen LogP contribution is 2.26. The van der Waals surface area contributed by atoms with Gasteiger partial charge in [-0.3, -0.25) is 9.59 Å². The molecular formula is C23H29N5O2S. The summed E-state index contributed by atoms with van der Waals surface area (Å²) in [5.74, 6) is 1.36. The van der Waals surface area contributed by atoms with Crippen LogP contribution in [0.15, 0.2) is 35.4 Å². The molecular weight excluding hydrogens is 410 g/mol. The molecule has 31 heavy (non-hydrogen) atoms. The fourth-order valence-electron chi connectivity index (χ4n) is 3.80. The van der Waals surface area contributed by atoms with Gasteiger partial charge in [-0.2, -0.15) is 0 Å². The number of para-hydroxylation sites is 1. The molecule has 0 radical (unpaired) electrons. The van der Waals surface area contributed by atoms with Crippen molar-refractivity contribution in [3.05, 3.63) is 41.5 Å². The third kappa shape index (κ3) is 5.76. The molecule has 1 saturated carbocycles. The molecule has 4 rings (SSSR count). The third-order valence-electron chi connectivity index (χ3n) is 5.84. The molecule has 2 aromatic rings. The molecule has 0 unspecified atom stereocenters. The molecule has 164 valence electrons. The Morgan fingerprint density at radius 3 is 2.35 bits per heavy atom. The van der Waals surface area contributed by atoms with Crippen molar-refractivity contribution in [1.29, 1.82) is 0 Å². The van der Waals surface area contributed by atoms with Crippen molar-refractivity contribution >= 4 is 35.1 Å². The van der Waals surface area contributed by atoms with E-state index in [0.29, 0.717) is 6.04 Å². The number of piperidine rings is 1. The summed E-state index contributed by atoms with van der Waals surface area (Å²) in [5, 5.41) is 15.4. The minimum atomic E-state index is -0.0557. The summed E-state index contributed by atoms with van der Waals surface area (Å²) >= 11 is 1.37. The number of anilines is 2. The molecule has 0 atom stereocenters. The first kappa shape index (κ1) is 21.6. The number of rotatable bonds is 7. The number of aromatic nitrogens is 2. The lowest BCUT2D eigenvalue weighted by molar-refractivity contribution is -0.125. The molecule has 0 spiro atoms. The maximum absolute atomic E-state index is 12.3. The number of nitrogens with zero attached hydrogens (tertiary/aromatic N) is 3. The number of carbonyl (C=O) groups is 2. The number of hydrogen-bond acceptors (Lipinski definition) is 6. The normalized spacial score (nSPS) is 16.8. The van der Waals surface area contributed by atoms with Crippen LogP contribution in [-0.2, 0) is 9.59 Å². The number of thioether (sulfide) groups is 1. The van der Waals surface area contributed by atoms with E-state index in [1.54, 1.807) is 0 Å². The van der Waals surface area contributed by atoms with Crippen molar-refractivity contribution in [3.8, 4) is 0 Å². The van der Waals surface area contributed by atoms with Crippen LogP contribution in [0.2, 0.25) is 0 Å². The van der Waals surface area contributed by atoms with Crippen LogP contribution in [0.25, 0.3) is 0 Å². The van der Waals surface area contributed by atoms with Crippen LogP contribution < -0.4 is 15.5 Å². The molecule has 0 bridgehead atoms. The highest BCUT2D eigenvalue weighted by molar-refractivity contribution is 7.99. The van der Waals surface area contributed by atoms with Gasteiger partial charge >= 0.3 is 0 Å². The molecule has 1 saturated heterocycles. The van der Waals surface area contributed by atoms with Crippen LogP contribution in [0.3, 0.4) is 0 Å². The van der Waals surface area contributed by atoms with Gasteiger partial charge in [0.05, 0.1) is 5.75 Å². The first-order valence-electron chi connectivity index (χ1n) is 10.9. The second-order valence-corrected chi connectivity index (χ2v) is 9.37. The van der Waals surface area contributed by atoms with Gasteiger partial charge in [-0.25, -0.2) is 0 Å². The molecule has 1 aromatic carbocycles. The average Bonchev–Trinajstić information content (AvgIpc) is 3.59. The van der Waals surface area contributed by atoms with E-state index in [-0.39, 0.29) is 23.5 Å². The van der Waals surface area contributed by atoms with E-state index in [1.165, 1.54) is 11.8 Å². The van der Waals surface area contributed by atoms with E-state index in [0.717, 1.165) is 66.4 Å². The first-order chi connectivity index (χ1) is 15.0. The van der Waals surface area contributed by atoms with Gasteiger partial charge in [0.2, 0.25) is 11.8 Å². The molecule has 1 aliphatic carbocycles. The molecule has 2 heterocycles. The van der Waals surface area contributed by atoms with Crippen molar-refractivity contribution in [2.45, 2.75) is 50.6 Å². The maximum atomic E-state index is 12.3. The van der Waals surface area contributed by atoms with Gasteiger partial charge in [0.15, 0.2) is 5.82 Å². The second-order valence-electron chi connectivity index (χ2n) is 8.38. The van der Waals surface area contributed by atoms with Crippen LogP contribution in [-0.4, -0.2) is 46.9 Å². The van der Waals surface area contributed by atoms with Gasteiger partial charge in [0, 0.05) is 30.7 Å². The van der Waals surface area contributed by atoms with Crippen LogP contribution in [0.5, 0.6) is 0 Å². The number of aryl methyl sites for hydroxylation is 2. The van der Waals surface area contributed by atoms with Crippen molar-refractivity contribution in [1.82, 2.24) is 15.5 Å². The number of amides is 2. The second kappa shape index (κ2) is 9.68. The lowest BCUT2D eigenvalue weighted by Crippen LogP contribution is -2.41. The van der Waals surface area contributed by atoms with Crippen molar-refractivity contribution in [2.75, 3.05) is 29.1 Å². The van der Waals surface area contributed by atoms with Crippen molar-refractivity contribution < 1.29 is 9.59 Å². The van der Waals surface area contributed by atoms with E-state index < -0.39 is 0 Å². The Labute approximate surface area is 187 Å². The van der Waals surface area contributed by atoms with Gasteiger partial charge in [-0.1, -0.05) is 30.0 Å². The fraction of sp³-hybridized carbons (Fsp3) is 0.478. The Kier molecular flexibility index (Phi) is 6.75. The smallest absolute Gasteiger partial charge is 0.234 e. The number of carbonyl (C=O) groups excluding carboxylic acids is 2. The highest BCUT2D eigenvalue weighted by atomic mass is 32.2. The van der Waals surface area contributed by atoms with Crippen LogP contribution in [0, 0.1) is 19.8 Å². The zero-order valence-electron chi connectivity index (χ0n) is 18.1. The summed E-state index contributed by atoms with van der Waals surface area (Å²) in [6, 6.07) is 10.2. The predicted molar refractivity (Wildman–Crippen MR) is 123 cm³/mol. The number of hydrogen-bond donors (Lipinski definition) is 2. The predicted octanol–water partition coefficient (Wildman–Crippen LogP) is 3.32. The Hall–Kier alpha value is -2.61. The summed E-state index contributed by atoms with van der Waals surface area (Å²) in [4.78, 5) is 26.7. The highest BCUT2D eigenvalue weighted by Gasteiger charge is 2.30. The molecule has 8 heteroatoms. The monoisotopic (exact) mass is 439 g/mol. The Morgan fingerprint density at radius 2 is 1.74 bits per heavy atom. The summed E-state index contributed by atoms with van der Waals surface area (Å²) in [5.41, 5.74) is 2.98. The quantitative estimate of drug-likeness (QED) is 0.644. The Morgan fingerprint density at radius 1 is 1.03 bits per heavy atom. The molecule has 1 aromatic heterocycles. The van der Waals surface area contributed by atoms with Crippen LogP contribution in [0.4, 0.5) is 11.5 Å². The van der Waals surface area contributed by atoms with Crippen LogP contribution >= 0.6 is 11.8 Å². The van der Waals surface area contributed by atoms with Crippen molar-refractivity contribution in [3.63, 3.8) is 0 Å². The van der Waals surface area contributed by atoms with Crippen molar-refractivity contribution in [2.24, 2.45) is 5.92 Å². The molecule has 2 N–H and O–H groups in total. The largest absolute Gasteiger partial charge is 0.355 e. The average molecular weight is 440 g/mol. The molecule has 7 nitrogen and oxygen atoms in total. The van der Waals surface area contributed by atoms with Gasteiger partial charge in [0.25, 0.3) is 0 Å². The minimum Gasteiger partial charge on any atom is -0.355 e. The van der Waals surface area contributed by atoms with E-state index in [1.807, 2.05) is 44.2 Å². The molecule has 2 fully saturated rings. The lowest BCUT2D eigenvalue weighted by Gasteiger charge is -2.31. The van der Waals surface area contributed by atoms with Gasteiger partial charge in [0.1, 0.15) is 5.03 Å². The third-order valence-corrected chi connectivity index (χ3v) is 6.76. The lowest BCUT2D eigenvalue weighted by atomic mass is 9.96.